The highest BCUT2D eigenvalue weighted by molar-refractivity contribution is 6.03. The van der Waals surface area contributed by atoms with Gasteiger partial charge in [0.25, 0.3) is 0 Å². The monoisotopic (exact) mass is 194 g/mol. The van der Waals surface area contributed by atoms with Crippen LogP contribution in [0, 0.1) is 11.8 Å². The first-order valence-corrected chi connectivity index (χ1v) is 5.46. The molecule has 14 heavy (non-hydrogen) atoms. The number of allylic oxidation sites excluding steroid dienone is 1. The lowest BCUT2D eigenvalue weighted by Crippen LogP contribution is -2.29. The molecule has 1 unspecified atom stereocenters. The van der Waals surface area contributed by atoms with Gasteiger partial charge in [0.05, 0.1) is 0 Å². The van der Waals surface area contributed by atoms with Crippen molar-refractivity contribution in [1.82, 2.24) is 0 Å². The second-order valence-corrected chi connectivity index (χ2v) is 4.79. The predicted molar refractivity (Wildman–Crippen MR) is 62.4 cm³/mol. The standard InChI is InChI=1S/C12H22N2/c1-7(2)11-9(5)6-10(13)14-12(11)8(3)4/h7-8,10H,6,13H2,1-5H3. The molecule has 2 N–H and O–H groups in total. The molecule has 1 aliphatic heterocycles. The van der Waals surface area contributed by atoms with Crippen LogP contribution in [0.4, 0.5) is 0 Å². The third kappa shape index (κ3) is 2.24. The number of nitrogens with zero attached hydrogens (tertiary/aromatic N) is 1. The molecule has 1 heterocycles. The Kier molecular flexibility index (Phi) is 3.48. The average Bonchev–Trinajstić information content (AvgIpc) is 2.01. The van der Waals surface area contributed by atoms with Gasteiger partial charge in [-0.2, -0.15) is 0 Å². The third-order valence-corrected chi connectivity index (χ3v) is 2.68. The number of hydrogen-bond acceptors (Lipinski definition) is 2. The maximum atomic E-state index is 5.89. The number of aliphatic imine (C=N–C) groups is 1. The zero-order chi connectivity index (χ0) is 10.9. The fraction of sp³-hybridized carbons (Fsp3) is 0.750. The van der Waals surface area contributed by atoms with Crippen molar-refractivity contribution in [3.63, 3.8) is 0 Å². The van der Waals surface area contributed by atoms with Gasteiger partial charge in [-0.1, -0.05) is 33.3 Å². The van der Waals surface area contributed by atoms with Crippen LogP contribution in [0.3, 0.4) is 0 Å². The minimum absolute atomic E-state index is 0.0186. The van der Waals surface area contributed by atoms with Crippen LogP contribution in [0.2, 0.25) is 0 Å². The molecule has 0 spiro atoms. The molecule has 0 aromatic heterocycles. The van der Waals surface area contributed by atoms with Crippen molar-refractivity contribution in [3.05, 3.63) is 11.1 Å². The number of dihydropyridines is 1. The van der Waals surface area contributed by atoms with Crippen LogP contribution in [0.25, 0.3) is 0 Å². The molecular formula is C12H22N2. The number of rotatable bonds is 2. The van der Waals surface area contributed by atoms with Crippen molar-refractivity contribution in [2.75, 3.05) is 0 Å². The topological polar surface area (TPSA) is 38.4 Å². The molecule has 0 amide bonds. The second-order valence-electron chi connectivity index (χ2n) is 4.79. The van der Waals surface area contributed by atoms with Crippen LogP contribution < -0.4 is 5.73 Å². The fourth-order valence-corrected chi connectivity index (χ4v) is 2.18. The summed E-state index contributed by atoms with van der Waals surface area (Å²) in [7, 11) is 0. The molecule has 0 saturated heterocycles. The van der Waals surface area contributed by atoms with E-state index in [1.165, 1.54) is 16.9 Å². The Labute approximate surface area is 87.3 Å². The van der Waals surface area contributed by atoms with Crippen molar-refractivity contribution >= 4 is 5.71 Å². The molecule has 1 rings (SSSR count). The summed E-state index contributed by atoms with van der Waals surface area (Å²) in [5.41, 5.74) is 9.97. The summed E-state index contributed by atoms with van der Waals surface area (Å²) in [6.07, 6.45) is 0.902. The first-order chi connectivity index (χ1) is 6.43. The van der Waals surface area contributed by atoms with Gasteiger partial charge in [0.2, 0.25) is 0 Å². The van der Waals surface area contributed by atoms with Crippen molar-refractivity contribution in [2.24, 2.45) is 22.6 Å². The van der Waals surface area contributed by atoms with Crippen molar-refractivity contribution < 1.29 is 0 Å². The van der Waals surface area contributed by atoms with Gasteiger partial charge in [-0.3, -0.25) is 4.99 Å². The van der Waals surface area contributed by atoms with E-state index in [1.54, 1.807) is 0 Å². The highest BCUT2D eigenvalue weighted by Gasteiger charge is 2.22. The Morgan fingerprint density at radius 3 is 2.21 bits per heavy atom. The van der Waals surface area contributed by atoms with E-state index in [1.807, 2.05) is 0 Å². The Hall–Kier alpha value is -0.630. The molecule has 0 fully saturated rings. The molecular weight excluding hydrogens is 172 g/mol. The minimum Gasteiger partial charge on any atom is -0.309 e. The smallest absolute Gasteiger partial charge is 0.101 e. The first kappa shape index (κ1) is 11.4. The highest BCUT2D eigenvalue weighted by atomic mass is 15.0. The van der Waals surface area contributed by atoms with Gasteiger partial charge >= 0.3 is 0 Å². The van der Waals surface area contributed by atoms with Crippen LogP contribution >= 0.6 is 0 Å². The van der Waals surface area contributed by atoms with E-state index in [-0.39, 0.29) is 6.17 Å². The minimum atomic E-state index is -0.0186. The molecule has 2 nitrogen and oxygen atoms in total. The third-order valence-electron chi connectivity index (χ3n) is 2.68. The maximum Gasteiger partial charge on any atom is 0.101 e. The number of nitrogens with two attached hydrogens (primary N) is 1. The van der Waals surface area contributed by atoms with E-state index in [2.05, 4.69) is 39.6 Å². The van der Waals surface area contributed by atoms with Crippen LogP contribution in [0.5, 0.6) is 0 Å². The van der Waals surface area contributed by atoms with Gasteiger partial charge in [0, 0.05) is 12.1 Å². The SMILES string of the molecule is CC1=C(C(C)C)C(C(C)C)=NC(N)C1. The summed E-state index contributed by atoms with van der Waals surface area (Å²) in [5, 5.41) is 0. The Morgan fingerprint density at radius 1 is 1.21 bits per heavy atom. The van der Waals surface area contributed by atoms with E-state index in [0.29, 0.717) is 11.8 Å². The average molecular weight is 194 g/mol. The Bertz CT molecular complexity index is 272. The van der Waals surface area contributed by atoms with Gasteiger partial charge in [0.15, 0.2) is 0 Å². The molecule has 0 radical (unpaired) electrons. The van der Waals surface area contributed by atoms with E-state index in [0.717, 1.165) is 6.42 Å². The normalized spacial score (nSPS) is 23.4. The molecule has 0 aromatic carbocycles. The second kappa shape index (κ2) is 4.26. The van der Waals surface area contributed by atoms with Crippen molar-refractivity contribution in [1.29, 1.82) is 0 Å². The van der Waals surface area contributed by atoms with Crippen molar-refractivity contribution in [2.45, 2.75) is 47.2 Å². The van der Waals surface area contributed by atoms with Crippen LogP contribution in [-0.2, 0) is 0 Å². The van der Waals surface area contributed by atoms with Gasteiger partial charge in [0.1, 0.15) is 6.17 Å². The summed E-state index contributed by atoms with van der Waals surface area (Å²) in [6, 6.07) is 0. The van der Waals surface area contributed by atoms with Crippen LogP contribution in [0.1, 0.15) is 41.0 Å². The van der Waals surface area contributed by atoms with E-state index >= 15 is 0 Å². The van der Waals surface area contributed by atoms with Gasteiger partial charge in [-0.15, -0.1) is 0 Å². The summed E-state index contributed by atoms with van der Waals surface area (Å²) in [4.78, 5) is 4.57. The summed E-state index contributed by atoms with van der Waals surface area (Å²) in [5.74, 6) is 1.04. The van der Waals surface area contributed by atoms with E-state index in [9.17, 15) is 0 Å². The lowest BCUT2D eigenvalue weighted by Gasteiger charge is -2.27. The molecule has 0 saturated carbocycles. The van der Waals surface area contributed by atoms with Gasteiger partial charge in [-0.05, 0) is 24.3 Å². The molecule has 1 atom stereocenters. The molecule has 0 aromatic rings. The fourth-order valence-electron chi connectivity index (χ4n) is 2.18. The predicted octanol–water partition coefficient (Wildman–Crippen LogP) is 2.74. The number of hydrogen-bond donors (Lipinski definition) is 1. The van der Waals surface area contributed by atoms with E-state index < -0.39 is 0 Å². The summed E-state index contributed by atoms with van der Waals surface area (Å²) in [6.45, 7) is 11.0. The highest BCUT2D eigenvalue weighted by Crippen LogP contribution is 2.27. The zero-order valence-electron chi connectivity index (χ0n) is 9.96. The quantitative estimate of drug-likeness (QED) is 0.721. The molecule has 1 aliphatic rings. The largest absolute Gasteiger partial charge is 0.309 e. The summed E-state index contributed by atoms with van der Waals surface area (Å²) >= 11 is 0. The van der Waals surface area contributed by atoms with Gasteiger partial charge in [-0.25, -0.2) is 0 Å². The molecule has 80 valence electrons. The molecule has 0 aliphatic carbocycles. The van der Waals surface area contributed by atoms with E-state index in [4.69, 9.17) is 5.73 Å². The van der Waals surface area contributed by atoms with Crippen molar-refractivity contribution in [3.8, 4) is 0 Å². The lowest BCUT2D eigenvalue weighted by atomic mass is 9.85. The summed E-state index contributed by atoms with van der Waals surface area (Å²) < 4.78 is 0. The Balaban J connectivity index is 3.08. The van der Waals surface area contributed by atoms with Crippen LogP contribution in [-0.4, -0.2) is 11.9 Å². The first-order valence-electron chi connectivity index (χ1n) is 5.46. The Morgan fingerprint density at radius 2 is 1.79 bits per heavy atom. The lowest BCUT2D eigenvalue weighted by molar-refractivity contribution is 0.643. The zero-order valence-corrected chi connectivity index (χ0v) is 9.96. The molecule has 0 bridgehead atoms. The maximum absolute atomic E-state index is 5.89. The molecule has 2 heteroatoms. The van der Waals surface area contributed by atoms with Crippen LogP contribution in [0.15, 0.2) is 16.1 Å². The van der Waals surface area contributed by atoms with Gasteiger partial charge < -0.3 is 5.73 Å².